The summed E-state index contributed by atoms with van der Waals surface area (Å²) in [6.07, 6.45) is 4.18. The summed E-state index contributed by atoms with van der Waals surface area (Å²) in [5.74, 6) is -0.239. The SMILES string of the molecule is C/C=C1\C[C@H](C)[C@H](C)C(=O)OC[C@H]2CCN3CC[C@@H](OC1=O)[C@@H]23. The van der Waals surface area contributed by atoms with Crippen LogP contribution in [0.2, 0.25) is 0 Å². The van der Waals surface area contributed by atoms with Crippen molar-refractivity contribution in [1.82, 2.24) is 4.90 Å². The van der Waals surface area contributed by atoms with Crippen LogP contribution < -0.4 is 0 Å². The maximum Gasteiger partial charge on any atom is 0.334 e. The van der Waals surface area contributed by atoms with Gasteiger partial charge in [-0.2, -0.15) is 0 Å². The van der Waals surface area contributed by atoms with Crippen molar-refractivity contribution < 1.29 is 19.1 Å². The smallest absolute Gasteiger partial charge is 0.334 e. The Bertz CT molecular complexity index is 515. The molecule has 0 aromatic rings. The van der Waals surface area contributed by atoms with Gasteiger partial charge in [0, 0.05) is 18.0 Å². The first-order valence-electron chi connectivity index (χ1n) is 8.78. The predicted octanol–water partition coefficient (Wildman–Crippen LogP) is 2.16. The van der Waals surface area contributed by atoms with Crippen molar-refractivity contribution in [3.05, 3.63) is 11.6 Å². The van der Waals surface area contributed by atoms with Gasteiger partial charge in [-0.25, -0.2) is 4.79 Å². The third kappa shape index (κ3) is 3.16. The molecule has 5 heteroatoms. The Kier molecular flexibility index (Phi) is 4.76. The van der Waals surface area contributed by atoms with Crippen LogP contribution in [-0.4, -0.2) is 48.7 Å². The third-order valence-electron chi connectivity index (χ3n) is 5.85. The fourth-order valence-corrected chi connectivity index (χ4v) is 4.13. The highest BCUT2D eigenvalue weighted by Crippen LogP contribution is 2.36. The maximum absolute atomic E-state index is 12.5. The molecule has 0 N–H and O–H groups in total. The molecular weight excluding hydrogens is 294 g/mol. The van der Waals surface area contributed by atoms with Crippen LogP contribution in [0.25, 0.3) is 0 Å². The molecule has 23 heavy (non-hydrogen) atoms. The first kappa shape index (κ1) is 16.5. The summed E-state index contributed by atoms with van der Waals surface area (Å²) in [7, 11) is 0. The Morgan fingerprint density at radius 3 is 2.65 bits per heavy atom. The lowest BCUT2D eigenvalue weighted by Gasteiger charge is -2.28. The highest BCUT2D eigenvalue weighted by Gasteiger charge is 2.46. The van der Waals surface area contributed by atoms with E-state index in [0.29, 0.717) is 18.6 Å². The molecule has 0 aromatic heterocycles. The minimum Gasteiger partial charge on any atom is -0.465 e. The number of carbonyl (C=O) groups is 2. The second-order valence-electron chi connectivity index (χ2n) is 7.22. The van der Waals surface area contributed by atoms with Crippen LogP contribution in [-0.2, 0) is 19.1 Å². The summed E-state index contributed by atoms with van der Waals surface area (Å²) < 4.78 is 11.5. The van der Waals surface area contributed by atoms with Gasteiger partial charge in [-0.1, -0.05) is 19.9 Å². The van der Waals surface area contributed by atoms with E-state index >= 15 is 0 Å². The number of rotatable bonds is 0. The van der Waals surface area contributed by atoms with Gasteiger partial charge in [0.1, 0.15) is 6.10 Å². The molecular formula is C18H27NO4. The minimum atomic E-state index is -0.214. The molecule has 0 saturated carbocycles. The minimum absolute atomic E-state index is 0.0557. The molecule has 0 bridgehead atoms. The predicted molar refractivity (Wildman–Crippen MR) is 85.6 cm³/mol. The van der Waals surface area contributed by atoms with Gasteiger partial charge in [0.2, 0.25) is 0 Å². The molecule has 3 heterocycles. The Morgan fingerprint density at radius 1 is 1.17 bits per heavy atom. The Morgan fingerprint density at radius 2 is 1.91 bits per heavy atom. The molecule has 3 aliphatic rings. The van der Waals surface area contributed by atoms with Crippen LogP contribution in [0.15, 0.2) is 11.6 Å². The Labute approximate surface area is 138 Å². The second kappa shape index (κ2) is 6.63. The fourth-order valence-electron chi connectivity index (χ4n) is 4.13. The lowest BCUT2D eigenvalue weighted by Crippen LogP contribution is -2.39. The van der Waals surface area contributed by atoms with E-state index in [1.54, 1.807) is 0 Å². The molecule has 3 saturated heterocycles. The average molecular weight is 321 g/mol. The van der Waals surface area contributed by atoms with E-state index in [0.717, 1.165) is 25.9 Å². The number of hydrogen-bond donors (Lipinski definition) is 0. The topological polar surface area (TPSA) is 55.8 Å². The molecule has 0 unspecified atom stereocenters. The summed E-state index contributed by atoms with van der Waals surface area (Å²) in [6, 6.07) is 0.206. The van der Waals surface area contributed by atoms with Crippen LogP contribution >= 0.6 is 0 Å². The van der Waals surface area contributed by atoms with Crippen LogP contribution in [0.5, 0.6) is 0 Å². The van der Waals surface area contributed by atoms with Gasteiger partial charge in [0.05, 0.1) is 18.6 Å². The van der Waals surface area contributed by atoms with E-state index < -0.39 is 0 Å². The molecule has 0 aliphatic carbocycles. The number of ether oxygens (including phenoxy) is 2. The molecule has 0 amide bonds. The average Bonchev–Trinajstić information content (AvgIpc) is 3.11. The molecule has 3 aliphatic heterocycles. The normalized spacial score (nSPS) is 41.0. The van der Waals surface area contributed by atoms with Crippen molar-refractivity contribution >= 4 is 11.9 Å². The quantitative estimate of drug-likeness (QED) is 0.505. The molecule has 0 spiro atoms. The number of carbonyl (C=O) groups excluding carboxylic acids is 2. The number of nitrogens with zero attached hydrogens (tertiary/aromatic N) is 1. The Balaban J connectivity index is 1.84. The number of hydrogen-bond acceptors (Lipinski definition) is 5. The highest BCUT2D eigenvalue weighted by molar-refractivity contribution is 5.88. The summed E-state index contributed by atoms with van der Waals surface area (Å²) >= 11 is 0. The lowest BCUT2D eigenvalue weighted by atomic mass is 9.89. The summed E-state index contributed by atoms with van der Waals surface area (Å²) in [5, 5.41) is 0. The monoisotopic (exact) mass is 321 g/mol. The van der Waals surface area contributed by atoms with Crippen molar-refractivity contribution in [3.8, 4) is 0 Å². The summed E-state index contributed by atoms with van der Waals surface area (Å²) in [6.45, 7) is 8.15. The summed E-state index contributed by atoms with van der Waals surface area (Å²) in [5.41, 5.74) is 0.672. The van der Waals surface area contributed by atoms with Gasteiger partial charge >= 0.3 is 11.9 Å². The van der Waals surface area contributed by atoms with E-state index in [-0.39, 0.29) is 41.8 Å². The van der Waals surface area contributed by atoms with Crippen molar-refractivity contribution in [3.63, 3.8) is 0 Å². The van der Waals surface area contributed by atoms with E-state index in [1.807, 2.05) is 26.8 Å². The van der Waals surface area contributed by atoms with Crippen LogP contribution in [0.3, 0.4) is 0 Å². The van der Waals surface area contributed by atoms with Gasteiger partial charge in [0.15, 0.2) is 0 Å². The third-order valence-corrected chi connectivity index (χ3v) is 5.85. The zero-order valence-electron chi connectivity index (χ0n) is 14.3. The molecule has 3 rings (SSSR count). The molecule has 5 atom stereocenters. The van der Waals surface area contributed by atoms with Crippen LogP contribution in [0.4, 0.5) is 0 Å². The van der Waals surface area contributed by atoms with Crippen molar-refractivity contribution in [1.29, 1.82) is 0 Å². The van der Waals surface area contributed by atoms with Gasteiger partial charge in [-0.3, -0.25) is 9.69 Å². The number of cyclic esters (lactones) is 1. The zero-order chi connectivity index (χ0) is 16.6. The first-order chi connectivity index (χ1) is 11.0. The van der Waals surface area contributed by atoms with Gasteiger partial charge in [-0.15, -0.1) is 0 Å². The van der Waals surface area contributed by atoms with Crippen molar-refractivity contribution in [2.75, 3.05) is 19.7 Å². The molecule has 128 valence electrons. The molecule has 0 radical (unpaired) electrons. The summed E-state index contributed by atoms with van der Waals surface area (Å²) in [4.78, 5) is 27.2. The largest absolute Gasteiger partial charge is 0.465 e. The van der Waals surface area contributed by atoms with Crippen molar-refractivity contribution in [2.24, 2.45) is 17.8 Å². The van der Waals surface area contributed by atoms with E-state index in [1.165, 1.54) is 0 Å². The molecule has 5 nitrogen and oxygen atoms in total. The number of allylic oxidation sites excluding steroid dienone is 1. The first-order valence-corrected chi connectivity index (χ1v) is 8.78. The number of esters is 2. The Hall–Kier alpha value is -1.36. The maximum atomic E-state index is 12.5. The van der Waals surface area contributed by atoms with E-state index in [9.17, 15) is 9.59 Å². The van der Waals surface area contributed by atoms with Gasteiger partial charge < -0.3 is 9.47 Å². The van der Waals surface area contributed by atoms with Crippen molar-refractivity contribution in [2.45, 2.75) is 52.2 Å². The van der Waals surface area contributed by atoms with Gasteiger partial charge in [0.25, 0.3) is 0 Å². The highest BCUT2D eigenvalue weighted by atomic mass is 16.5. The fraction of sp³-hybridized carbons (Fsp3) is 0.778. The second-order valence-corrected chi connectivity index (χ2v) is 7.22. The van der Waals surface area contributed by atoms with Crippen LogP contribution in [0, 0.1) is 17.8 Å². The lowest BCUT2D eigenvalue weighted by molar-refractivity contribution is -0.155. The molecule has 3 fully saturated rings. The van der Waals surface area contributed by atoms with E-state index in [2.05, 4.69) is 4.90 Å². The molecule has 0 aromatic carbocycles. The standard InChI is InChI=1S/C18H27NO4/c1-4-13-9-11(2)12(3)17(20)22-10-14-5-7-19-8-6-15(16(14)19)23-18(13)21/h4,11-12,14-16H,5-10H2,1-3H3/b13-4+/t11-,12-,14+,15+,16+/m0/s1. The van der Waals surface area contributed by atoms with Crippen LogP contribution in [0.1, 0.15) is 40.0 Å². The zero-order valence-corrected chi connectivity index (χ0v) is 14.3. The van der Waals surface area contributed by atoms with E-state index in [4.69, 9.17) is 9.47 Å². The van der Waals surface area contributed by atoms with Gasteiger partial charge in [-0.05, 0) is 38.6 Å².